The van der Waals surface area contributed by atoms with Crippen molar-refractivity contribution in [3.63, 3.8) is 0 Å². The summed E-state index contributed by atoms with van der Waals surface area (Å²) in [6, 6.07) is 0. The Morgan fingerprint density at radius 3 is 2.52 bits per heavy atom. The molecular formula is C23H34O6. The van der Waals surface area contributed by atoms with Crippen molar-refractivity contribution in [1.29, 1.82) is 0 Å². The first-order valence-electron chi connectivity index (χ1n) is 11.3. The second-order valence-corrected chi connectivity index (χ2v) is 10.8. The van der Waals surface area contributed by atoms with Crippen molar-refractivity contribution in [3.8, 4) is 0 Å². The molecule has 29 heavy (non-hydrogen) atoms. The van der Waals surface area contributed by atoms with Gasteiger partial charge in [0, 0.05) is 23.3 Å². The second kappa shape index (κ2) is 6.28. The molecule has 4 saturated carbocycles. The van der Waals surface area contributed by atoms with E-state index in [1.807, 2.05) is 0 Å². The highest BCUT2D eigenvalue weighted by Crippen LogP contribution is 2.70. The number of hydrogen-bond donors (Lipinski definition) is 4. The van der Waals surface area contributed by atoms with Gasteiger partial charge in [0.25, 0.3) is 0 Å². The van der Waals surface area contributed by atoms with Gasteiger partial charge in [-0.1, -0.05) is 6.92 Å². The Morgan fingerprint density at radius 1 is 1.07 bits per heavy atom. The molecule has 1 aliphatic heterocycles. The molecule has 4 aliphatic carbocycles. The average molecular weight is 407 g/mol. The molecule has 0 unspecified atom stereocenters. The average Bonchev–Trinajstić information content (AvgIpc) is 3.21. The van der Waals surface area contributed by atoms with Crippen LogP contribution in [0.15, 0.2) is 11.6 Å². The summed E-state index contributed by atoms with van der Waals surface area (Å²) in [4.78, 5) is 11.6. The first-order valence-corrected chi connectivity index (χ1v) is 11.3. The highest BCUT2D eigenvalue weighted by atomic mass is 16.5. The number of ether oxygens (including phenoxy) is 1. The summed E-state index contributed by atoms with van der Waals surface area (Å²) < 4.78 is 5.17. The lowest BCUT2D eigenvalue weighted by Crippen LogP contribution is -2.69. The van der Waals surface area contributed by atoms with Crippen LogP contribution in [0.1, 0.15) is 64.7 Å². The molecule has 6 heteroatoms. The normalized spacial score (nSPS) is 54.2. The fraction of sp³-hybridized carbons (Fsp3) is 0.870. The van der Waals surface area contributed by atoms with Gasteiger partial charge >= 0.3 is 5.97 Å². The van der Waals surface area contributed by atoms with Gasteiger partial charge in [0.15, 0.2) is 0 Å². The Morgan fingerprint density at radius 2 is 1.83 bits per heavy atom. The zero-order valence-corrected chi connectivity index (χ0v) is 17.3. The number of rotatable bonds is 2. The maximum Gasteiger partial charge on any atom is 0.331 e. The van der Waals surface area contributed by atoms with Crippen LogP contribution in [-0.2, 0) is 9.53 Å². The van der Waals surface area contributed by atoms with E-state index in [1.165, 1.54) is 0 Å². The van der Waals surface area contributed by atoms with Crippen molar-refractivity contribution in [1.82, 2.24) is 0 Å². The molecule has 0 saturated heterocycles. The van der Waals surface area contributed by atoms with Gasteiger partial charge in [-0.3, -0.25) is 0 Å². The van der Waals surface area contributed by atoms with E-state index in [2.05, 4.69) is 6.92 Å². The molecular weight excluding hydrogens is 372 g/mol. The zero-order valence-electron chi connectivity index (χ0n) is 17.3. The van der Waals surface area contributed by atoms with E-state index < -0.39 is 22.7 Å². The highest BCUT2D eigenvalue weighted by Gasteiger charge is 2.71. The molecule has 5 rings (SSSR count). The van der Waals surface area contributed by atoms with Gasteiger partial charge in [0.2, 0.25) is 0 Å². The first-order chi connectivity index (χ1) is 13.7. The molecule has 0 bridgehead atoms. The minimum atomic E-state index is -1.06. The van der Waals surface area contributed by atoms with E-state index in [4.69, 9.17) is 4.74 Å². The highest BCUT2D eigenvalue weighted by molar-refractivity contribution is 5.85. The molecule has 6 nitrogen and oxygen atoms in total. The molecule has 0 spiro atoms. The van der Waals surface area contributed by atoms with Gasteiger partial charge in [-0.2, -0.15) is 0 Å². The standard InChI is InChI=1S/C23H34O6/c1-20-6-3-17-18(4-8-22(27)11-15(25)2-7-21(17,22)13-24)23(20,28)9-5-16(20)14-10-19(26)29-12-14/h10,15-18,24-25,27-28H,2-9,11-13H2,1H3/t15-,16+,17-,18-,20+,21-,22-,23-/m0/s1. The van der Waals surface area contributed by atoms with E-state index in [0.29, 0.717) is 45.1 Å². The fourth-order valence-corrected chi connectivity index (χ4v) is 8.52. The molecule has 4 fully saturated rings. The van der Waals surface area contributed by atoms with E-state index in [1.54, 1.807) is 6.08 Å². The summed E-state index contributed by atoms with van der Waals surface area (Å²) in [7, 11) is 0. The minimum Gasteiger partial charge on any atom is -0.458 e. The summed E-state index contributed by atoms with van der Waals surface area (Å²) in [5.74, 6) is -0.0760. The molecule has 0 aromatic rings. The lowest BCUT2D eigenvalue weighted by Gasteiger charge is -2.66. The summed E-state index contributed by atoms with van der Waals surface area (Å²) in [6.45, 7) is 2.41. The molecule has 8 atom stereocenters. The van der Waals surface area contributed by atoms with E-state index in [9.17, 15) is 25.2 Å². The van der Waals surface area contributed by atoms with E-state index in [0.717, 1.165) is 24.8 Å². The Labute approximate surface area is 172 Å². The topological polar surface area (TPSA) is 107 Å². The maximum absolute atomic E-state index is 12.1. The molecule has 0 aromatic carbocycles. The third kappa shape index (κ3) is 2.40. The number of aliphatic hydroxyl groups is 4. The van der Waals surface area contributed by atoms with Crippen LogP contribution >= 0.6 is 0 Å². The number of aliphatic hydroxyl groups excluding tert-OH is 2. The smallest absolute Gasteiger partial charge is 0.331 e. The number of esters is 1. The second-order valence-electron chi connectivity index (χ2n) is 10.8. The maximum atomic E-state index is 12.1. The third-order valence-electron chi connectivity index (χ3n) is 10.1. The Hall–Kier alpha value is -0.950. The van der Waals surface area contributed by atoms with E-state index >= 15 is 0 Å². The van der Waals surface area contributed by atoms with Crippen LogP contribution in [0, 0.1) is 28.6 Å². The van der Waals surface area contributed by atoms with Crippen LogP contribution in [-0.4, -0.2) is 56.9 Å². The lowest BCUT2D eigenvalue weighted by molar-refractivity contribution is -0.269. The van der Waals surface area contributed by atoms with Gasteiger partial charge in [-0.05, 0) is 74.7 Å². The number of carbonyl (C=O) groups is 1. The van der Waals surface area contributed by atoms with Crippen molar-refractivity contribution in [2.75, 3.05) is 13.2 Å². The van der Waals surface area contributed by atoms with E-state index in [-0.39, 0.29) is 35.7 Å². The van der Waals surface area contributed by atoms with Crippen LogP contribution < -0.4 is 0 Å². The Bertz CT molecular complexity index is 750. The predicted octanol–water partition coefficient (Wildman–Crippen LogP) is 1.69. The van der Waals surface area contributed by atoms with Gasteiger partial charge < -0.3 is 25.2 Å². The molecule has 0 radical (unpaired) electrons. The van der Waals surface area contributed by atoms with Gasteiger partial charge in [0.1, 0.15) is 6.61 Å². The number of carbonyl (C=O) groups excluding carboxylic acids is 1. The predicted molar refractivity (Wildman–Crippen MR) is 105 cm³/mol. The number of fused-ring (bicyclic) bond motifs is 5. The summed E-state index contributed by atoms with van der Waals surface area (Å²) in [5, 5.41) is 44.4. The van der Waals surface area contributed by atoms with Crippen molar-refractivity contribution in [2.45, 2.75) is 82.0 Å². The van der Waals surface area contributed by atoms with Gasteiger partial charge in [-0.15, -0.1) is 0 Å². The summed E-state index contributed by atoms with van der Waals surface area (Å²) in [6.07, 6.45) is 7.02. The van der Waals surface area contributed by atoms with Gasteiger partial charge in [-0.25, -0.2) is 4.79 Å². The van der Waals surface area contributed by atoms with Crippen LogP contribution in [0.3, 0.4) is 0 Å². The zero-order chi connectivity index (χ0) is 20.7. The molecule has 5 aliphatic rings. The quantitative estimate of drug-likeness (QED) is 0.520. The molecule has 162 valence electrons. The summed E-state index contributed by atoms with van der Waals surface area (Å²) in [5.41, 5.74) is -1.88. The van der Waals surface area contributed by atoms with Crippen LogP contribution in [0.5, 0.6) is 0 Å². The molecule has 0 aromatic heterocycles. The van der Waals surface area contributed by atoms with Gasteiger partial charge in [0.05, 0.1) is 23.9 Å². The monoisotopic (exact) mass is 406 g/mol. The summed E-state index contributed by atoms with van der Waals surface area (Å²) >= 11 is 0. The number of hydrogen-bond acceptors (Lipinski definition) is 6. The minimum absolute atomic E-state index is 0.0209. The Balaban J connectivity index is 1.51. The molecule has 0 amide bonds. The molecule has 1 heterocycles. The number of cyclic esters (lactones) is 1. The largest absolute Gasteiger partial charge is 0.458 e. The van der Waals surface area contributed by atoms with Crippen LogP contribution in [0.2, 0.25) is 0 Å². The fourth-order valence-electron chi connectivity index (χ4n) is 8.52. The van der Waals surface area contributed by atoms with Crippen molar-refractivity contribution in [2.24, 2.45) is 28.6 Å². The molecule has 4 N–H and O–H groups in total. The van der Waals surface area contributed by atoms with Crippen LogP contribution in [0.25, 0.3) is 0 Å². The Kier molecular flexibility index (Phi) is 4.33. The van der Waals surface area contributed by atoms with Crippen molar-refractivity contribution < 1.29 is 30.0 Å². The first kappa shape index (κ1) is 20.0. The van der Waals surface area contributed by atoms with Crippen molar-refractivity contribution in [3.05, 3.63) is 11.6 Å². The third-order valence-corrected chi connectivity index (χ3v) is 10.1. The SMILES string of the molecule is C[C@]12CC[C@H]3[C@H](CC[C@]4(O)C[C@@H](O)CC[C@]34CO)[C@@]1(O)CC[C@@H]2C1=CC(=O)OC1. The van der Waals surface area contributed by atoms with Crippen LogP contribution in [0.4, 0.5) is 0 Å². The van der Waals surface area contributed by atoms with Crippen molar-refractivity contribution >= 4 is 5.97 Å². The lowest BCUT2D eigenvalue weighted by atomic mass is 9.41.